The first-order valence-electron chi connectivity index (χ1n) is 26.2. The molecule has 6 nitrogen and oxygen atoms in total. The molecular weight excluding hydrogens is 1000 g/mol. The van der Waals surface area contributed by atoms with Gasteiger partial charge in [0, 0.05) is 46.5 Å². The minimum atomic E-state index is -0.467. The van der Waals surface area contributed by atoms with Gasteiger partial charge in [-0.1, -0.05) is 150 Å². The van der Waals surface area contributed by atoms with Crippen LogP contribution in [0.15, 0.2) is 64.8 Å². The number of rotatable bonds is 31. The molecule has 0 spiro atoms. The second-order valence-electron chi connectivity index (χ2n) is 19.4. The van der Waals surface area contributed by atoms with Crippen molar-refractivity contribution >= 4 is 97.9 Å². The summed E-state index contributed by atoms with van der Waals surface area (Å²) in [5.74, 6) is 0.670. The van der Waals surface area contributed by atoms with Gasteiger partial charge in [0.25, 0.3) is 0 Å². The van der Waals surface area contributed by atoms with Crippen molar-refractivity contribution in [2.45, 2.75) is 175 Å². The van der Waals surface area contributed by atoms with Gasteiger partial charge in [0.1, 0.15) is 22.7 Å². The monoisotopic (exact) mass is 1070 g/mol. The number of nitrogens with one attached hydrogen (secondary N) is 1. The normalized spacial score (nSPS) is 13.7. The zero-order chi connectivity index (χ0) is 50.2. The van der Waals surface area contributed by atoms with Gasteiger partial charge in [-0.15, -0.1) is 45.3 Å². The fraction of sp³-hybridized carbons (Fsp3) is 0.509. The maximum absolute atomic E-state index is 16.6. The Morgan fingerprint density at radius 1 is 0.592 bits per heavy atom. The van der Waals surface area contributed by atoms with Gasteiger partial charge in [-0.25, -0.2) is 13.2 Å². The van der Waals surface area contributed by atoms with Crippen LogP contribution in [0.1, 0.15) is 179 Å². The number of fused-ring (bicyclic) bond motifs is 1. The molecule has 0 saturated heterocycles. The van der Waals surface area contributed by atoms with Crippen molar-refractivity contribution in [1.82, 2.24) is 8.75 Å². The van der Waals surface area contributed by atoms with E-state index in [0.29, 0.717) is 35.4 Å². The smallest absolute Gasteiger partial charge is 0.181 e. The van der Waals surface area contributed by atoms with Gasteiger partial charge in [-0.05, 0) is 86.0 Å². The molecular formula is C57H72F2N4O2S6. The summed E-state index contributed by atoms with van der Waals surface area (Å²) in [6, 6.07) is 13.9. The lowest BCUT2D eigenvalue weighted by atomic mass is 9.89. The highest BCUT2D eigenvalue weighted by Gasteiger charge is 2.29. The number of benzene rings is 1. The molecule has 71 heavy (non-hydrogen) atoms. The van der Waals surface area contributed by atoms with Crippen LogP contribution in [0.3, 0.4) is 0 Å². The summed E-state index contributed by atoms with van der Waals surface area (Å²) in [5.41, 5.74) is 3.27. The van der Waals surface area contributed by atoms with Gasteiger partial charge in [0.2, 0.25) is 0 Å². The predicted octanol–water partition coefficient (Wildman–Crippen LogP) is 20.6. The van der Waals surface area contributed by atoms with Crippen molar-refractivity contribution in [3.05, 3.63) is 76.0 Å². The predicted molar refractivity (Wildman–Crippen MR) is 310 cm³/mol. The lowest BCUT2D eigenvalue weighted by Crippen LogP contribution is -2.15. The van der Waals surface area contributed by atoms with Crippen molar-refractivity contribution in [1.29, 1.82) is 5.41 Å². The molecule has 0 bridgehead atoms. The SMILES string of the molecule is CCCCCCCCCCCCOc1c(-c2ccc(C3=CC(F)=CC(=NS)C3=N)s2)sc(-c2ccc(-c3cc(F)c(-c4ccc(C(C)(C)CC)s4)c4nsnc34)s2)c1OCCCCCCCCCCCC. The molecule has 0 unspecified atom stereocenters. The molecule has 6 aromatic rings. The fourth-order valence-electron chi connectivity index (χ4n) is 8.93. The van der Waals surface area contributed by atoms with Gasteiger partial charge in [0.05, 0.1) is 51.7 Å². The quantitative estimate of drug-likeness (QED) is 0.0258. The molecule has 5 aromatic heterocycles. The van der Waals surface area contributed by atoms with E-state index in [9.17, 15) is 4.39 Å². The van der Waals surface area contributed by atoms with Crippen LogP contribution < -0.4 is 9.47 Å². The molecule has 0 amide bonds. The molecule has 0 atom stereocenters. The molecule has 1 aromatic carbocycles. The molecule has 7 rings (SSSR count). The number of thiophene rings is 4. The van der Waals surface area contributed by atoms with Crippen LogP contribution in [0.4, 0.5) is 8.78 Å². The highest BCUT2D eigenvalue weighted by molar-refractivity contribution is 7.79. The van der Waals surface area contributed by atoms with E-state index in [1.165, 1.54) is 131 Å². The molecule has 1 aliphatic rings. The maximum atomic E-state index is 16.6. The minimum absolute atomic E-state index is 0.00717. The largest absolute Gasteiger partial charge is 0.488 e. The highest BCUT2D eigenvalue weighted by atomic mass is 32.1. The molecule has 5 heterocycles. The number of hydrogen-bond acceptors (Lipinski definition) is 12. The Kier molecular flexibility index (Phi) is 21.5. The summed E-state index contributed by atoms with van der Waals surface area (Å²) >= 11 is 11.5. The van der Waals surface area contributed by atoms with Crippen LogP contribution >= 0.6 is 69.9 Å². The van der Waals surface area contributed by atoms with E-state index in [-0.39, 0.29) is 22.7 Å². The Morgan fingerprint density at radius 3 is 1.63 bits per heavy atom. The third-order valence-electron chi connectivity index (χ3n) is 13.6. The molecule has 0 aliphatic heterocycles. The van der Waals surface area contributed by atoms with Crippen LogP contribution in [0.2, 0.25) is 0 Å². The first-order valence-corrected chi connectivity index (χ1v) is 30.6. The number of nitrogens with zero attached hydrogens (tertiary/aromatic N) is 3. The van der Waals surface area contributed by atoms with Crippen molar-refractivity contribution in [2.75, 3.05) is 13.2 Å². The highest BCUT2D eigenvalue weighted by Crippen LogP contribution is 2.56. The first-order chi connectivity index (χ1) is 34.6. The summed E-state index contributed by atoms with van der Waals surface area (Å²) < 4.78 is 58.6. The molecule has 1 aliphatic carbocycles. The van der Waals surface area contributed by atoms with Crippen LogP contribution in [-0.2, 0) is 5.41 Å². The number of aromatic nitrogens is 2. The first kappa shape index (κ1) is 55.2. The molecule has 382 valence electrons. The third kappa shape index (κ3) is 14.4. The van der Waals surface area contributed by atoms with E-state index in [1.54, 1.807) is 40.1 Å². The number of halogens is 2. The molecule has 1 N–H and O–H groups in total. The van der Waals surface area contributed by atoms with Crippen LogP contribution in [0.5, 0.6) is 11.5 Å². The van der Waals surface area contributed by atoms with Crippen molar-refractivity contribution in [3.63, 3.8) is 0 Å². The van der Waals surface area contributed by atoms with E-state index in [1.807, 2.05) is 18.2 Å². The Hall–Kier alpha value is -3.53. The maximum Gasteiger partial charge on any atom is 0.181 e. The average molecular weight is 1080 g/mol. The van der Waals surface area contributed by atoms with Crippen molar-refractivity contribution < 1.29 is 18.3 Å². The lowest BCUT2D eigenvalue weighted by molar-refractivity contribution is 0.262. The number of ether oxygens (including phenoxy) is 2. The summed E-state index contributed by atoms with van der Waals surface area (Å²) in [6.45, 7) is 12.3. The average Bonchev–Trinajstić information content (AvgIpc) is 4.24. The number of allylic oxidation sites excluding steroid dienone is 4. The molecule has 14 heteroatoms. The summed E-state index contributed by atoms with van der Waals surface area (Å²) in [6.07, 6.45) is 28.3. The van der Waals surface area contributed by atoms with E-state index in [4.69, 9.17) is 19.3 Å². The molecule has 0 radical (unpaired) electrons. The zero-order valence-corrected chi connectivity index (χ0v) is 47.3. The standard InChI is InChI=1S/C57H72F2N4O2S6/c1-6-9-11-13-15-17-19-21-23-25-33-64-53-54(65-34-26-24-22-20-18-16-14-12-10-7-2)56(70-55(53)46-29-27-43(67-46)39-35-38(58)36-42(61-66)50(39)60)47-30-28-44(68-47)40-37-41(59)49(52-51(40)62-71-63-52)45-31-32-48(69-45)57(4,5)8-3/h27-32,35-37,60,66H,6-26,33-34H2,1-5H3. The van der Waals surface area contributed by atoms with Crippen molar-refractivity contribution in [2.24, 2.45) is 4.40 Å². The molecule has 0 saturated carbocycles. The topological polar surface area (TPSA) is 80.5 Å². The fourth-order valence-corrected chi connectivity index (χ4v) is 14.3. The van der Waals surface area contributed by atoms with Gasteiger partial charge in [-0.3, -0.25) is 5.41 Å². The molecule has 0 fully saturated rings. The van der Waals surface area contributed by atoms with E-state index in [0.717, 1.165) is 95.0 Å². The van der Waals surface area contributed by atoms with Gasteiger partial charge in [-0.2, -0.15) is 8.75 Å². The van der Waals surface area contributed by atoms with Crippen LogP contribution in [-0.4, -0.2) is 33.4 Å². The van der Waals surface area contributed by atoms with Gasteiger partial charge in [0.15, 0.2) is 11.5 Å². The van der Waals surface area contributed by atoms with Gasteiger partial charge >= 0.3 is 0 Å². The van der Waals surface area contributed by atoms with Crippen LogP contribution in [0.25, 0.3) is 57.0 Å². The Bertz CT molecular complexity index is 2750. The third-order valence-corrected chi connectivity index (χ3v) is 19.5. The zero-order valence-electron chi connectivity index (χ0n) is 42.4. The summed E-state index contributed by atoms with van der Waals surface area (Å²) in [7, 11) is 0. The number of hydrogen-bond donors (Lipinski definition) is 2. The van der Waals surface area contributed by atoms with Crippen molar-refractivity contribution in [3.8, 4) is 51.9 Å². The van der Waals surface area contributed by atoms with E-state index < -0.39 is 5.83 Å². The Morgan fingerprint density at radius 2 is 1.08 bits per heavy atom. The second-order valence-corrected chi connectivity index (χ2v) is 24.4. The lowest BCUT2D eigenvalue weighted by Gasteiger charge is -2.20. The minimum Gasteiger partial charge on any atom is -0.488 e. The number of unbranched alkanes of at least 4 members (excludes halogenated alkanes) is 18. The Labute approximate surface area is 447 Å². The van der Waals surface area contributed by atoms with E-state index in [2.05, 4.69) is 74.4 Å². The summed E-state index contributed by atoms with van der Waals surface area (Å²) in [4.78, 5) is 7.54. The second kappa shape index (κ2) is 27.7. The number of thiol groups is 1. The Balaban J connectivity index is 1.20. The van der Waals surface area contributed by atoms with E-state index >= 15 is 4.39 Å². The summed E-state index contributed by atoms with van der Waals surface area (Å²) in [5, 5.41) is 8.82. The van der Waals surface area contributed by atoms with Gasteiger partial charge < -0.3 is 9.47 Å². The van der Waals surface area contributed by atoms with Crippen LogP contribution in [0, 0.1) is 11.2 Å².